The number of hydrogen-bond donors (Lipinski definition) is 1. The van der Waals surface area contributed by atoms with E-state index in [0.29, 0.717) is 16.5 Å². The predicted octanol–water partition coefficient (Wildman–Crippen LogP) is 1.08. The molecule has 0 radical (unpaired) electrons. The quantitative estimate of drug-likeness (QED) is 0.786. The molecule has 108 valence electrons. The highest BCUT2D eigenvalue weighted by atomic mass is 16.7. The monoisotopic (exact) mass is 286 g/mol. The predicted molar refractivity (Wildman–Crippen MR) is 74.7 cm³/mol. The molecule has 1 amide bonds. The van der Waals surface area contributed by atoms with Crippen molar-refractivity contribution in [3.63, 3.8) is 0 Å². The Morgan fingerprint density at radius 3 is 2.76 bits per heavy atom. The number of amides is 1. The second kappa shape index (κ2) is 5.05. The van der Waals surface area contributed by atoms with Crippen molar-refractivity contribution in [1.82, 2.24) is 10.0 Å². The fourth-order valence-corrected chi connectivity index (χ4v) is 2.36. The Morgan fingerprint density at radius 2 is 1.95 bits per heavy atom. The molecular weight excluding hydrogens is 272 g/mol. The van der Waals surface area contributed by atoms with E-state index in [1.54, 1.807) is 25.1 Å². The van der Waals surface area contributed by atoms with Crippen LogP contribution < -0.4 is 10.2 Å². The number of carbonyl (C=O) groups is 3. The molecule has 1 atom stereocenters. The molecule has 6 heteroatoms. The molecule has 0 unspecified atom stereocenters. The second-order valence-corrected chi connectivity index (χ2v) is 5.01. The van der Waals surface area contributed by atoms with Crippen molar-refractivity contribution in [1.29, 1.82) is 0 Å². The minimum atomic E-state index is -0.768. The van der Waals surface area contributed by atoms with Crippen molar-refractivity contribution in [3.8, 4) is 0 Å². The van der Waals surface area contributed by atoms with Crippen LogP contribution in [0.2, 0.25) is 0 Å². The number of rotatable bonds is 0. The van der Waals surface area contributed by atoms with Crippen molar-refractivity contribution in [2.24, 2.45) is 0 Å². The van der Waals surface area contributed by atoms with E-state index in [9.17, 15) is 14.4 Å². The molecule has 3 rings (SSSR count). The first-order chi connectivity index (χ1) is 10.1. The van der Waals surface area contributed by atoms with E-state index in [2.05, 4.69) is 5.32 Å². The molecule has 0 saturated heterocycles. The number of benzene rings is 1. The zero-order chi connectivity index (χ0) is 15.0. The number of nitrogens with zero attached hydrogens (tertiary/aromatic N) is 1. The van der Waals surface area contributed by atoms with Crippen molar-refractivity contribution in [2.45, 2.75) is 25.8 Å². The number of carbonyl (C=O) groups excluding carboxylic acids is 3. The van der Waals surface area contributed by atoms with Crippen LogP contribution >= 0.6 is 0 Å². The highest BCUT2D eigenvalue weighted by molar-refractivity contribution is 6.09. The minimum absolute atomic E-state index is 0.0515. The molecule has 1 aromatic carbocycles. The van der Waals surface area contributed by atoms with Crippen LogP contribution in [-0.4, -0.2) is 28.4 Å². The van der Waals surface area contributed by atoms with E-state index < -0.39 is 12.0 Å². The molecule has 21 heavy (non-hydrogen) atoms. The maximum atomic E-state index is 12.3. The molecule has 1 aromatic heterocycles. The van der Waals surface area contributed by atoms with Crippen molar-refractivity contribution >= 4 is 28.6 Å². The summed E-state index contributed by atoms with van der Waals surface area (Å²) in [4.78, 5) is 41.2. The summed E-state index contributed by atoms with van der Waals surface area (Å²) in [7, 11) is 0. The average Bonchev–Trinajstić information content (AvgIpc) is 2.82. The van der Waals surface area contributed by atoms with Gasteiger partial charge in [0, 0.05) is 23.8 Å². The number of nitrogens with one attached hydrogen (secondary N) is 1. The topological polar surface area (TPSA) is 77.4 Å². The van der Waals surface area contributed by atoms with E-state index >= 15 is 0 Å². The molecule has 0 aliphatic carbocycles. The van der Waals surface area contributed by atoms with Gasteiger partial charge >= 0.3 is 5.97 Å². The Kier molecular flexibility index (Phi) is 3.21. The molecule has 6 nitrogen and oxygen atoms in total. The number of hydrogen-bond acceptors (Lipinski definition) is 4. The van der Waals surface area contributed by atoms with Crippen LogP contribution in [0.15, 0.2) is 30.5 Å². The van der Waals surface area contributed by atoms with Crippen LogP contribution in [0.1, 0.15) is 30.1 Å². The van der Waals surface area contributed by atoms with Gasteiger partial charge in [0.05, 0.1) is 11.7 Å². The van der Waals surface area contributed by atoms with Crippen LogP contribution in [0.5, 0.6) is 0 Å². The highest BCUT2D eigenvalue weighted by Crippen LogP contribution is 2.22. The van der Waals surface area contributed by atoms with Gasteiger partial charge in [-0.2, -0.15) is 4.73 Å². The van der Waals surface area contributed by atoms with Gasteiger partial charge in [-0.05, 0) is 13.0 Å². The summed E-state index contributed by atoms with van der Waals surface area (Å²) >= 11 is 0. The Hall–Kier alpha value is -2.63. The zero-order valence-electron chi connectivity index (χ0n) is 11.5. The molecule has 1 aliphatic rings. The maximum absolute atomic E-state index is 12.3. The summed E-state index contributed by atoms with van der Waals surface area (Å²) < 4.78 is 1.29. The summed E-state index contributed by atoms with van der Waals surface area (Å²) in [6.45, 7) is 1.55. The van der Waals surface area contributed by atoms with Gasteiger partial charge in [-0.3, -0.25) is 9.59 Å². The molecule has 0 fully saturated rings. The summed E-state index contributed by atoms with van der Waals surface area (Å²) in [6, 6.07) is 6.41. The molecule has 0 saturated carbocycles. The average molecular weight is 286 g/mol. The van der Waals surface area contributed by atoms with Crippen LogP contribution in [0, 0.1) is 0 Å². The third kappa shape index (κ3) is 2.40. The number of aromatic nitrogens is 1. The molecule has 2 bridgehead atoms. The van der Waals surface area contributed by atoms with Gasteiger partial charge in [0.1, 0.15) is 6.04 Å². The number of fused-ring (bicyclic) bond motifs is 5. The molecule has 1 N–H and O–H groups in total. The lowest BCUT2D eigenvalue weighted by Crippen LogP contribution is -2.42. The zero-order valence-corrected chi connectivity index (χ0v) is 11.5. The maximum Gasteiger partial charge on any atom is 0.354 e. The van der Waals surface area contributed by atoms with Gasteiger partial charge in [0.15, 0.2) is 5.78 Å². The van der Waals surface area contributed by atoms with Crippen LogP contribution in [0.25, 0.3) is 10.9 Å². The first-order valence-electron chi connectivity index (χ1n) is 6.71. The van der Waals surface area contributed by atoms with Crippen molar-refractivity contribution < 1.29 is 19.2 Å². The smallest absolute Gasteiger partial charge is 0.343 e. The number of ketones is 1. The fourth-order valence-electron chi connectivity index (χ4n) is 2.36. The van der Waals surface area contributed by atoms with Crippen LogP contribution in [0.3, 0.4) is 0 Å². The third-order valence-corrected chi connectivity index (χ3v) is 3.48. The van der Waals surface area contributed by atoms with Crippen molar-refractivity contribution in [3.05, 3.63) is 36.0 Å². The van der Waals surface area contributed by atoms with Gasteiger partial charge in [-0.25, -0.2) is 4.79 Å². The number of para-hydroxylation sites is 1. The minimum Gasteiger partial charge on any atom is -0.343 e. The Bertz CT molecular complexity index is 747. The largest absolute Gasteiger partial charge is 0.354 e. The Labute approximate surface area is 120 Å². The molecule has 2 aromatic rings. The van der Waals surface area contributed by atoms with E-state index in [4.69, 9.17) is 4.84 Å². The fraction of sp³-hybridized carbons (Fsp3) is 0.267. The Morgan fingerprint density at radius 1 is 1.19 bits per heavy atom. The first kappa shape index (κ1) is 13.4. The van der Waals surface area contributed by atoms with E-state index in [1.165, 1.54) is 10.9 Å². The van der Waals surface area contributed by atoms with Crippen LogP contribution in [-0.2, 0) is 9.59 Å². The van der Waals surface area contributed by atoms with Gasteiger partial charge < -0.3 is 10.2 Å². The van der Waals surface area contributed by atoms with E-state index in [-0.39, 0.29) is 24.5 Å². The van der Waals surface area contributed by atoms with E-state index in [1.807, 2.05) is 6.07 Å². The summed E-state index contributed by atoms with van der Waals surface area (Å²) in [5.41, 5.74) is 1.11. The van der Waals surface area contributed by atoms with Gasteiger partial charge in [-0.1, -0.05) is 18.2 Å². The molecule has 0 spiro atoms. The lowest BCUT2D eigenvalue weighted by molar-refractivity contribution is -0.147. The third-order valence-electron chi connectivity index (χ3n) is 3.48. The van der Waals surface area contributed by atoms with Gasteiger partial charge in [-0.15, -0.1) is 0 Å². The summed E-state index contributed by atoms with van der Waals surface area (Å²) in [5.74, 6) is -1.06. The SMILES string of the molecule is C[C@@H]1NC(=O)CCC(=O)c2cn(c3ccccc23)OC1=O. The Balaban J connectivity index is 2.13. The first-order valence-corrected chi connectivity index (χ1v) is 6.71. The summed E-state index contributed by atoms with van der Waals surface area (Å²) in [5, 5.41) is 3.23. The van der Waals surface area contributed by atoms with Crippen molar-refractivity contribution in [2.75, 3.05) is 0 Å². The lowest BCUT2D eigenvalue weighted by Gasteiger charge is -2.13. The highest BCUT2D eigenvalue weighted by Gasteiger charge is 2.23. The normalized spacial score (nSPS) is 19.9. The molecule has 1 aliphatic heterocycles. The van der Waals surface area contributed by atoms with Crippen LogP contribution in [0.4, 0.5) is 0 Å². The summed E-state index contributed by atoms with van der Waals surface area (Å²) in [6.07, 6.45) is 1.66. The lowest BCUT2D eigenvalue weighted by atomic mass is 10.1. The standard InChI is InChI=1S/C15H14N2O4/c1-9-15(20)21-17-8-11(10-4-2-3-5-12(10)17)13(18)6-7-14(19)16-9/h2-5,8-9H,6-7H2,1H3,(H,16,19)/t9-/m0/s1. The van der Waals surface area contributed by atoms with E-state index in [0.717, 1.165) is 0 Å². The number of Topliss-reactive ketones (excluding diaryl/α,β-unsaturated/α-hetero) is 1. The molecule has 2 heterocycles. The van der Waals surface area contributed by atoms with Gasteiger partial charge in [0.25, 0.3) is 0 Å². The molecular formula is C15H14N2O4. The van der Waals surface area contributed by atoms with Gasteiger partial charge in [0.2, 0.25) is 5.91 Å². The second-order valence-electron chi connectivity index (χ2n) is 5.01.